The van der Waals surface area contributed by atoms with E-state index in [-0.39, 0.29) is 10.8 Å². The first kappa shape index (κ1) is 17.2. The van der Waals surface area contributed by atoms with Crippen LogP contribution in [-0.2, 0) is 10.8 Å². The van der Waals surface area contributed by atoms with E-state index in [1.807, 2.05) is 6.08 Å². The quantitative estimate of drug-likeness (QED) is 0.722. The highest BCUT2D eigenvalue weighted by molar-refractivity contribution is 7.80. The lowest BCUT2D eigenvalue weighted by Gasteiger charge is -2.27. The molecule has 0 aliphatic heterocycles. The average Bonchev–Trinajstić information content (AvgIpc) is 2.28. The van der Waals surface area contributed by atoms with Gasteiger partial charge >= 0.3 is 0 Å². The van der Waals surface area contributed by atoms with E-state index in [4.69, 9.17) is 0 Å². The molecule has 0 bridgehead atoms. The van der Waals surface area contributed by atoms with Gasteiger partial charge in [-0.1, -0.05) is 59.8 Å². The molecule has 0 saturated carbocycles. The molecule has 2 heteroatoms. The van der Waals surface area contributed by atoms with E-state index in [1.165, 1.54) is 5.56 Å². The van der Waals surface area contributed by atoms with E-state index in [0.29, 0.717) is 5.75 Å². The summed E-state index contributed by atoms with van der Waals surface area (Å²) in [5, 5.41) is 10.5. The first-order chi connectivity index (χ1) is 9.07. The number of thiol groups is 1. The summed E-state index contributed by atoms with van der Waals surface area (Å²) in [6, 6.07) is 4.24. The maximum atomic E-state index is 10.5. The van der Waals surface area contributed by atoms with E-state index in [0.717, 1.165) is 23.3 Å². The molecule has 0 amide bonds. The highest BCUT2D eigenvalue weighted by Crippen LogP contribution is 2.38. The minimum absolute atomic E-state index is 0.0693. The van der Waals surface area contributed by atoms with Crippen LogP contribution in [0.1, 0.15) is 64.7 Å². The smallest absolute Gasteiger partial charge is 0.126 e. The highest BCUT2D eigenvalue weighted by atomic mass is 32.1. The van der Waals surface area contributed by atoms with Crippen LogP contribution >= 0.6 is 12.6 Å². The molecule has 0 aliphatic carbocycles. The van der Waals surface area contributed by atoms with E-state index >= 15 is 0 Å². The number of allylic oxidation sites excluding steroid dienone is 1. The Bertz CT molecular complexity index is 487. The normalized spacial score (nSPS) is 13.2. The summed E-state index contributed by atoms with van der Waals surface area (Å²) in [4.78, 5) is 0. The second-order valence-corrected chi connectivity index (χ2v) is 7.82. The Morgan fingerprint density at radius 3 is 2.10 bits per heavy atom. The Morgan fingerprint density at radius 1 is 1.05 bits per heavy atom. The number of benzene rings is 1. The summed E-state index contributed by atoms with van der Waals surface area (Å²) < 4.78 is 0. The molecule has 0 atom stereocenters. The Balaban J connectivity index is 3.43. The minimum Gasteiger partial charge on any atom is -0.507 e. The fourth-order valence-corrected chi connectivity index (χ4v) is 2.22. The molecule has 0 unspecified atom stereocenters. The zero-order valence-electron chi connectivity index (χ0n) is 13.6. The van der Waals surface area contributed by atoms with Crippen LogP contribution in [0.15, 0.2) is 18.2 Å². The summed E-state index contributed by atoms with van der Waals surface area (Å²) in [7, 11) is 0. The van der Waals surface area contributed by atoms with Crippen molar-refractivity contribution in [3.63, 3.8) is 0 Å². The van der Waals surface area contributed by atoms with Gasteiger partial charge < -0.3 is 5.11 Å². The highest BCUT2D eigenvalue weighted by Gasteiger charge is 2.24. The molecule has 0 radical (unpaired) electrons. The molecule has 112 valence electrons. The van der Waals surface area contributed by atoms with Crippen molar-refractivity contribution in [2.75, 3.05) is 5.75 Å². The van der Waals surface area contributed by atoms with E-state index in [1.54, 1.807) is 0 Å². The molecule has 0 heterocycles. The van der Waals surface area contributed by atoms with Crippen LogP contribution in [0.3, 0.4) is 0 Å². The van der Waals surface area contributed by atoms with E-state index in [9.17, 15) is 5.11 Å². The number of phenols is 1. The molecular formula is C18H28OS. The summed E-state index contributed by atoms with van der Waals surface area (Å²) >= 11 is 4.21. The van der Waals surface area contributed by atoms with Gasteiger partial charge in [0.25, 0.3) is 0 Å². The minimum atomic E-state index is -0.0719. The number of rotatable bonds is 3. The van der Waals surface area contributed by atoms with Crippen LogP contribution in [0, 0.1) is 0 Å². The fraction of sp³-hybridized carbons (Fsp3) is 0.556. The van der Waals surface area contributed by atoms with Gasteiger partial charge in [-0.2, -0.15) is 12.6 Å². The Kier molecular flexibility index (Phi) is 5.37. The lowest BCUT2D eigenvalue weighted by molar-refractivity contribution is 0.443. The van der Waals surface area contributed by atoms with Crippen LogP contribution in [0.5, 0.6) is 5.75 Å². The fourth-order valence-electron chi connectivity index (χ4n) is 2.07. The monoisotopic (exact) mass is 292 g/mol. The standard InChI is InChI=1S/C18H28OS/c1-17(2,3)14-11-13(9-7-8-10-20)16(19)15(12-14)18(4,5)6/h7,9,11-12,19-20H,8,10H2,1-6H3. The Labute approximate surface area is 129 Å². The molecule has 1 aromatic rings. The summed E-state index contributed by atoms with van der Waals surface area (Å²) in [6.45, 7) is 13.0. The van der Waals surface area contributed by atoms with E-state index < -0.39 is 0 Å². The van der Waals surface area contributed by atoms with Crippen molar-refractivity contribution in [3.05, 3.63) is 34.9 Å². The van der Waals surface area contributed by atoms with Crippen molar-refractivity contribution in [1.82, 2.24) is 0 Å². The maximum Gasteiger partial charge on any atom is 0.126 e. The van der Waals surface area contributed by atoms with Gasteiger partial charge in [-0.15, -0.1) is 0 Å². The first-order valence-corrected chi connectivity index (χ1v) is 7.86. The van der Waals surface area contributed by atoms with Gasteiger partial charge in [0.1, 0.15) is 5.75 Å². The number of hydrogen-bond acceptors (Lipinski definition) is 2. The molecule has 0 fully saturated rings. The van der Waals surface area contributed by atoms with Crippen molar-refractivity contribution in [2.24, 2.45) is 0 Å². The van der Waals surface area contributed by atoms with Gasteiger partial charge in [-0.25, -0.2) is 0 Å². The second kappa shape index (κ2) is 6.26. The molecule has 0 saturated heterocycles. The zero-order valence-corrected chi connectivity index (χ0v) is 14.5. The summed E-state index contributed by atoms with van der Waals surface area (Å²) in [5.74, 6) is 1.23. The van der Waals surface area contributed by atoms with Crippen molar-refractivity contribution in [1.29, 1.82) is 0 Å². The summed E-state index contributed by atoms with van der Waals surface area (Å²) in [5.41, 5.74) is 3.17. The zero-order chi connectivity index (χ0) is 15.6. The lowest BCUT2D eigenvalue weighted by Crippen LogP contribution is -2.17. The van der Waals surface area contributed by atoms with Crippen LogP contribution in [0.4, 0.5) is 0 Å². The summed E-state index contributed by atoms with van der Waals surface area (Å²) in [6.07, 6.45) is 4.99. The van der Waals surface area contributed by atoms with Gasteiger partial charge in [0.2, 0.25) is 0 Å². The molecule has 1 aromatic carbocycles. The molecule has 0 aromatic heterocycles. The molecule has 1 rings (SSSR count). The van der Waals surface area contributed by atoms with Crippen molar-refractivity contribution < 1.29 is 5.11 Å². The average molecular weight is 292 g/mol. The van der Waals surface area contributed by atoms with Crippen LogP contribution in [0.2, 0.25) is 0 Å². The van der Waals surface area contributed by atoms with Gasteiger partial charge in [0.05, 0.1) is 0 Å². The Morgan fingerprint density at radius 2 is 1.65 bits per heavy atom. The van der Waals surface area contributed by atoms with Gasteiger partial charge in [0.15, 0.2) is 0 Å². The molecule has 0 aliphatic rings. The van der Waals surface area contributed by atoms with Crippen molar-refractivity contribution in [2.45, 2.75) is 58.8 Å². The van der Waals surface area contributed by atoms with Gasteiger partial charge in [-0.05, 0) is 34.6 Å². The van der Waals surface area contributed by atoms with Gasteiger partial charge in [-0.3, -0.25) is 0 Å². The van der Waals surface area contributed by atoms with Crippen LogP contribution in [0.25, 0.3) is 6.08 Å². The molecule has 20 heavy (non-hydrogen) atoms. The largest absolute Gasteiger partial charge is 0.507 e. The molecular weight excluding hydrogens is 264 g/mol. The van der Waals surface area contributed by atoms with Crippen molar-refractivity contribution in [3.8, 4) is 5.75 Å². The number of aromatic hydroxyl groups is 1. The maximum absolute atomic E-state index is 10.5. The number of hydrogen-bond donors (Lipinski definition) is 2. The molecule has 1 N–H and O–H groups in total. The predicted octanol–water partition coefficient (Wildman–Crippen LogP) is 5.32. The van der Waals surface area contributed by atoms with E-state index in [2.05, 4.69) is 72.4 Å². The predicted molar refractivity (Wildman–Crippen MR) is 93.0 cm³/mol. The topological polar surface area (TPSA) is 20.2 Å². The molecule has 1 nitrogen and oxygen atoms in total. The number of phenolic OH excluding ortho intramolecular Hbond substituents is 1. The third kappa shape index (κ3) is 4.31. The first-order valence-electron chi connectivity index (χ1n) is 7.22. The Hall–Kier alpha value is -0.890. The SMILES string of the molecule is CC(C)(C)c1cc(C=CCCS)c(O)c(C(C)(C)C)c1. The second-order valence-electron chi connectivity index (χ2n) is 7.38. The van der Waals surface area contributed by atoms with Crippen LogP contribution < -0.4 is 0 Å². The third-order valence-corrected chi connectivity index (χ3v) is 3.66. The lowest BCUT2D eigenvalue weighted by atomic mass is 9.79. The molecule has 0 spiro atoms. The van der Waals surface area contributed by atoms with Crippen LogP contribution in [-0.4, -0.2) is 10.9 Å². The third-order valence-electron chi connectivity index (χ3n) is 3.41. The van der Waals surface area contributed by atoms with Gasteiger partial charge in [0, 0.05) is 11.1 Å². The van der Waals surface area contributed by atoms with Crippen molar-refractivity contribution >= 4 is 18.7 Å².